The Morgan fingerprint density at radius 1 is 1.05 bits per heavy atom. The Hall–Kier alpha value is -2.57. The molecule has 1 N–H and O–H groups in total. The quantitative estimate of drug-likeness (QED) is 0.682. The van der Waals surface area contributed by atoms with Crippen LogP contribution >= 0.6 is 11.6 Å². The molecule has 0 aliphatic heterocycles. The predicted octanol–water partition coefficient (Wildman–Crippen LogP) is 3.47. The lowest BCUT2D eigenvalue weighted by Gasteiger charge is -2.05. The second kappa shape index (κ2) is 6.25. The number of hydrogen-bond donors (Lipinski definition) is 1. The molecule has 0 spiro atoms. The molecule has 0 saturated heterocycles. The number of aromatic carboxylic acids is 1. The summed E-state index contributed by atoms with van der Waals surface area (Å²) in [6, 6.07) is 12.2. The summed E-state index contributed by atoms with van der Waals surface area (Å²) in [7, 11) is 0. The summed E-state index contributed by atoms with van der Waals surface area (Å²) in [6.45, 7) is 1.75. The first-order valence-electron chi connectivity index (χ1n) is 6.14. The normalized spacial score (nSPS) is 9.62. The molecule has 0 aliphatic rings. The highest BCUT2D eigenvalue weighted by Gasteiger charge is 2.16. The van der Waals surface area contributed by atoms with E-state index in [1.807, 2.05) is 30.3 Å². The minimum Gasteiger partial charge on any atom is -0.478 e. The van der Waals surface area contributed by atoms with Gasteiger partial charge in [0.25, 0.3) is 5.24 Å². The zero-order chi connectivity index (χ0) is 15.4. The molecule has 0 amide bonds. The van der Waals surface area contributed by atoms with Crippen LogP contribution in [0.3, 0.4) is 0 Å². The highest BCUT2D eigenvalue weighted by Crippen LogP contribution is 2.18. The third kappa shape index (κ3) is 3.50. The van der Waals surface area contributed by atoms with Gasteiger partial charge in [-0.2, -0.15) is 0 Å². The first-order valence-corrected chi connectivity index (χ1v) is 6.51. The van der Waals surface area contributed by atoms with Gasteiger partial charge in [-0.1, -0.05) is 30.0 Å². The molecule has 0 aliphatic carbocycles. The molecule has 0 aromatic heterocycles. The van der Waals surface area contributed by atoms with Crippen molar-refractivity contribution in [3.63, 3.8) is 0 Å². The van der Waals surface area contributed by atoms with Crippen molar-refractivity contribution in [3.05, 3.63) is 70.3 Å². The maximum absolute atomic E-state index is 11.3. The van der Waals surface area contributed by atoms with E-state index in [4.69, 9.17) is 16.7 Å². The van der Waals surface area contributed by atoms with Crippen molar-refractivity contribution in [2.45, 2.75) is 6.92 Å². The van der Waals surface area contributed by atoms with E-state index in [2.05, 4.69) is 11.8 Å². The second-order valence-electron chi connectivity index (χ2n) is 4.41. The summed E-state index contributed by atoms with van der Waals surface area (Å²) in [5.41, 5.74) is 1.92. The molecule has 2 rings (SSSR count). The van der Waals surface area contributed by atoms with Crippen molar-refractivity contribution in [2.24, 2.45) is 0 Å². The van der Waals surface area contributed by atoms with Crippen LogP contribution in [0.15, 0.2) is 42.5 Å². The van der Waals surface area contributed by atoms with Gasteiger partial charge in [0, 0.05) is 16.7 Å². The minimum absolute atomic E-state index is 0.0214. The van der Waals surface area contributed by atoms with Crippen LogP contribution in [-0.2, 0) is 0 Å². The molecule has 0 saturated carbocycles. The van der Waals surface area contributed by atoms with Gasteiger partial charge >= 0.3 is 5.97 Å². The van der Waals surface area contributed by atoms with Gasteiger partial charge in [0.15, 0.2) is 0 Å². The van der Waals surface area contributed by atoms with Crippen LogP contribution in [0.2, 0.25) is 0 Å². The molecular weight excluding hydrogens is 288 g/mol. The van der Waals surface area contributed by atoms with Crippen LogP contribution in [0.25, 0.3) is 0 Å². The highest BCUT2D eigenvalue weighted by molar-refractivity contribution is 6.68. The number of carboxylic acid groups (broad SMARTS) is 1. The molecule has 0 unspecified atom stereocenters. The van der Waals surface area contributed by atoms with E-state index in [9.17, 15) is 9.59 Å². The lowest BCUT2D eigenvalue weighted by atomic mass is 9.99. The summed E-state index contributed by atoms with van der Waals surface area (Å²) in [5, 5.41) is 8.36. The van der Waals surface area contributed by atoms with E-state index in [0.717, 1.165) is 5.56 Å². The van der Waals surface area contributed by atoms with E-state index in [0.29, 0.717) is 11.1 Å². The Bertz CT molecular complexity index is 768. The fourth-order valence-electron chi connectivity index (χ4n) is 1.84. The number of carbonyl (C=O) groups excluding carboxylic acids is 1. The first kappa shape index (κ1) is 14.8. The van der Waals surface area contributed by atoms with Crippen molar-refractivity contribution in [2.75, 3.05) is 0 Å². The maximum atomic E-state index is 11.3. The van der Waals surface area contributed by atoms with Crippen molar-refractivity contribution < 1.29 is 14.7 Å². The van der Waals surface area contributed by atoms with E-state index in [-0.39, 0.29) is 11.1 Å². The number of hydrogen-bond acceptors (Lipinski definition) is 2. The monoisotopic (exact) mass is 298 g/mol. The number of carboxylic acids is 1. The molecule has 2 aromatic carbocycles. The molecule has 0 atom stereocenters. The van der Waals surface area contributed by atoms with Crippen molar-refractivity contribution >= 4 is 22.8 Å². The zero-order valence-electron chi connectivity index (χ0n) is 11.2. The third-order valence-corrected chi connectivity index (χ3v) is 3.13. The van der Waals surface area contributed by atoms with E-state index in [1.165, 1.54) is 12.1 Å². The van der Waals surface area contributed by atoms with Gasteiger partial charge in [-0.15, -0.1) is 0 Å². The second-order valence-corrected chi connectivity index (χ2v) is 4.75. The third-order valence-electron chi connectivity index (χ3n) is 2.92. The van der Waals surface area contributed by atoms with Gasteiger partial charge in [-0.3, -0.25) is 4.79 Å². The van der Waals surface area contributed by atoms with Crippen molar-refractivity contribution in [3.8, 4) is 11.8 Å². The molecule has 4 heteroatoms. The van der Waals surface area contributed by atoms with Crippen molar-refractivity contribution in [1.82, 2.24) is 0 Å². The van der Waals surface area contributed by atoms with E-state index < -0.39 is 11.2 Å². The molecule has 0 heterocycles. The van der Waals surface area contributed by atoms with Crippen LogP contribution < -0.4 is 0 Å². The lowest BCUT2D eigenvalue weighted by molar-refractivity contribution is 0.0693. The minimum atomic E-state index is -1.21. The van der Waals surface area contributed by atoms with Gasteiger partial charge in [-0.05, 0) is 48.4 Å². The number of rotatable bonds is 2. The average Bonchev–Trinajstić information content (AvgIpc) is 2.46. The number of benzene rings is 2. The van der Waals surface area contributed by atoms with Gasteiger partial charge in [0.1, 0.15) is 0 Å². The van der Waals surface area contributed by atoms with Crippen LogP contribution in [-0.4, -0.2) is 16.3 Å². The topological polar surface area (TPSA) is 54.4 Å². The Labute approximate surface area is 127 Å². The Balaban J connectivity index is 2.51. The van der Waals surface area contributed by atoms with Crippen LogP contribution in [0.1, 0.15) is 37.4 Å². The first-order chi connectivity index (χ1) is 9.99. The zero-order valence-corrected chi connectivity index (χ0v) is 11.9. The Kier molecular flexibility index (Phi) is 4.42. The summed E-state index contributed by atoms with van der Waals surface area (Å²) in [6.07, 6.45) is 0. The Morgan fingerprint density at radius 2 is 1.71 bits per heavy atom. The standard InChI is InChI=1S/C17H11ClO3/c1-11-9-14(16(18)19)15(17(20)21)10-13(11)8-7-12-5-3-2-4-6-12/h2-6,9-10H,1H3,(H,20,21). The molecule has 0 bridgehead atoms. The molecule has 0 radical (unpaired) electrons. The number of carbonyl (C=O) groups is 2. The van der Waals surface area contributed by atoms with Crippen LogP contribution in [0.5, 0.6) is 0 Å². The smallest absolute Gasteiger partial charge is 0.336 e. The SMILES string of the molecule is Cc1cc(C(=O)Cl)c(C(=O)O)cc1C#Cc1ccccc1. The molecule has 2 aromatic rings. The predicted molar refractivity (Wildman–Crippen MR) is 80.7 cm³/mol. The summed E-state index contributed by atoms with van der Waals surface area (Å²) >= 11 is 5.41. The average molecular weight is 299 g/mol. The van der Waals surface area contributed by atoms with Gasteiger partial charge in [0.05, 0.1) is 5.56 Å². The maximum Gasteiger partial charge on any atom is 0.336 e. The van der Waals surface area contributed by atoms with E-state index in [1.54, 1.807) is 6.92 Å². The molecule has 104 valence electrons. The molecule has 3 nitrogen and oxygen atoms in total. The van der Waals surface area contributed by atoms with Gasteiger partial charge < -0.3 is 5.11 Å². The van der Waals surface area contributed by atoms with Crippen LogP contribution in [0, 0.1) is 18.8 Å². The molecule has 0 fully saturated rings. The van der Waals surface area contributed by atoms with E-state index >= 15 is 0 Å². The highest BCUT2D eigenvalue weighted by atomic mass is 35.5. The fourth-order valence-corrected chi connectivity index (χ4v) is 2.00. The molecule has 21 heavy (non-hydrogen) atoms. The van der Waals surface area contributed by atoms with Gasteiger partial charge in [-0.25, -0.2) is 4.79 Å². The molecular formula is C17H11ClO3. The van der Waals surface area contributed by atoms with Crippen molar-refractivity contribution in [1.29, 1.82) is 0 Å². The summed E-state index contributed by atoms with van der Waals surface area (Å²) in [5.74, 6) is 4.67. The number of aryl methyl sites for hydroxylation is 1. The Morgan fingerprint density at radius 3 is 2.29 bits per heavy atom. The fraction of sp³-hybridized carbons (Fsp3) is 0.0588. The van der Waals surface area contributed by atoms with Gasteiger partial charge in [0.2, 0.25) is 0 Å². The summed E-state index contributed by atoms with van der Waals surface area (Å²) in [4.78, 5) is 22.5. The number of halogens is 1. The largest absolute Gasteiger partial charge is 0.478 e. The summed E-state index contributed by atoms with van der Waals surface area (Å²) < 4.78 is 0. The lowest BCUT2D eigenvalue weighted by Crippen LogP contribution is -2.06. The van der Waals surface area contributed by atoms with Crippen LogP contribution in [0.4, 0.5) is 0 Å².